The number of hydrogen-bond donors (Lipinski definition) is 1. The first-order valence-corrected chi connectivity index (χ1v) is 8.06. The summed E-state index contributed by atoms with van der Waals surface area (Å²) in [5, 5.41) is 7.07. The van der Waals surface area contributed by atoms with Crippen molar-refractivity contribution in [2.75, 3.05) is 18.4 Å². The molecule has 1 fully saturated rings. The standard InChI is InChI=1S/C17H21N5O2/c1-12-10-15(21(2)20-12)19-17(24)22-9-5-6-13(11-22)16(23)14-7-3-4-8-18-14/h3-4,7-8,10,13H,5-6,9,11H2,1-2H3,(H,19,24)/t13-/m0/s1. The average Bonchev–Trinajstić information content (AvgIpc) is 2.92. The summed E-state index contributed by atoms with van der Waals surface area (Å²) in [5.41, 5.74) is 1.31. The molecule has 1 saturated heterocycles. The zero-order valence-electron chi connectivity index (χ0n) is 13.9. The second kappa shape index (κ2) is 6.82. The number of Topliss-reactive ketones (excluding diaryl/α,β-unsaturated/α-hetero) is 1. The molecular formula is C17H21N5O2. The maximum Gasteiger partial charge on any atom is 0.323 e. The molecule has 0 saturated carbocycles. The number of rotatable bonds is 3. The van der Waals surface area contributed by atoms with Crippen LogP contribution >= 0.6 is 0 Å². The van der Waals surface area contributed by atoms with Crippen molar-refractivity contribution in [2.45, 2.75) is 19.8 Å². The summed E-state index contributed by atoms with van der Waals surface area (Å²) in [7, 11) is 1.78. The molecule has 0 spiro atoms. The van der Waals surface area contributed by atoms with E-state index < -0.39 is 0 Å². The van der Waals surface area contributed by atoms with Gasteiger partial charge in [-0.3, -0.25) is 19.8 Å². The minimum atomic E-state index is -0.201. The number of nitrogens with zero attached hydrogens (tertiary/aromatic N) is 4. The Labute approximate surface area is 140 Å². The third-order valence-electron chi connectivity index (χ3n) is 4.23. The van der Waals surface area contributed by atoms with E-state index >= 15 is 0 Å². The number of hydrogen-bond acceptors (Lipinski definition) is 4. The molecule has 7 heteroatoms. The van der Waals surface area contributed by atoms with E-state index in [1.165, 1.54) is 0 Å². The van der Waals surface area contributed by atoms with Gasteiger partial charge in [0.1, 0.15) is 11.5 Å². The molecule has 3 heterocycles. The Morgan fingerprint density at radius 1 is 1.33 bits per heavy atom. The van der Waals surface area contributed by atoms with E-state index in [4.69, 9.17) is 0 Å². The highest BCUT2D eigenvalue weighted by Crippen LogP contribution is 2.21. The predicted molar refractivity (Wildman–Crippen MR) is 89.8 cm³/mol. The van der Waals surface area contributed by atoms with E-state index in [2.05, 4.69) is 15.4 Å². The molecule has 1 aliphatic heterocycles. The van der Waals surface area contributed by atoms with Crippen LogP contribution in [0.1, 0.15) is 29.0 Å². The zero-order valence-corrected chi connectivity index (χ0v) is 13.9. The summed E-state index contributed by atoms with van der Waals surface area (Å²) in [6.07, 6.45) is 3.20. The number of likely N-dealkylation sites (tertiary alicyclic amines) is 1. The van der Waals surface area contributed by atoms with Gasteiger partial charge in [-0.25, -0.2) is 4.79 Å². The highest BCUT2D eigenvalue weighted by molar-refractivity contribution is 5.97. The van der Waals surface area contributed by atoms with Gasteiger partial charge in [-0.1, -0.05) is 6.07 Å². The topological polar surface area (TPSA) is 80.1 Å². The summed E-state index contributed by atoms with van der Waals surface area (Å²) in [5.74, 6) is 0.452. The van der Waals surface area contributed by atoms with Crippen molar-refractivity contribution < 1.29 is 9.59 Å². The Bertz CT molecular complexity index is 741. The van der Waals surface area contributed by atoms with Gasteiger partial charge in [0.15, 0.2) is 5.78 Å². The van der Waals surface area contributed by atoms with Crippen LogP contribution in [0.25, 0.3) is 0 Å². The van der Waals surface area contributed by atoms with E-state index in [-0.39, 0.29) is 17.7 Å². The third-order valence-corrected chi connectivity index (χ3v) is 4.23. The van der Waals surface area contributed by atoms with E-state index in [9.17, 15) is 9.59 Å². The number of pyridine rings is 1. The largest absolute Gasteiger partial charge is 0.324 e. The zero-order chi connectivity index (χ0) is 17.1. The number of urea groups is 1. The minimum absolute atomic E-state index is 0.00415. The van der Waals surface area contributed by atoms with E-state index in [0.29, 0.717) is 24.6 Å². The molecule has 1 aliphatic rings. The quantitative estimate of drug-likeness (QED) is 0.877. The van der Waals surface area contributed by atoms with Gasteiger partial charge < -0.3 is 4.90 Å². The summed E-state index contributed by atoms with van der Waals surface area (Å²) >= 11 is 0. The molecule has 0 aliphatic carbocycles. The fraction of sp³-hybridized carbons (Fsp3) is 0.412. The number of piperidine rings is 1. The number of nitrogens with one attached hydrogen (secondary N) is 1. The average molecular weight is 327 g/mol. The second-order valence-corrected chi connectivity index (χ2v) is 6.09. The van der Waals surface area contributed by atoms with Gasteiger partial charge in [-0.2, -0.15) is 5.10 Å². The molecule has 0 bridgehead atoms. The van der Waals surface area contributed by atoms with Gasteiger partial charge in [0.25, 0.3) is 0 Å². The SMILES string of the molecule is Cc1cc(NC(=O)N2CCC[C@H](C(=O)c3ccccn3)C2)n(C)n1. The molecule has 126 valence electrons. The van der Waals surface area contributed by atoms with E-state index in [1.54, 1.807) is 41.0 Å². The molecule has 7 nitrogen and oxygen atoms in total. The predicted octanol–water partition coefficient (Wildman–Crippen LogP) is 2.25. The molecule has 0 radical (unpaired) electrons. The second-order valence-electron chi connectivity index (χ2n) is 6.09. The van der Waals surface area contributed by atoms with Crippen molar-refractivity contribution >= 4 is 17.6 Å². The Balaban J connectivity index is 1.66. The summed E-state index contributed by atoms with van der Waals surface area (Å²) in [6, 6.07) is 6.93. The fourth-order valence-electron chi connectivity index (χ4n) is 3.01. The summed E-state index contributed by atoms with van der Waals surface area (Å²) in [6.45, 7) is 2.94. The molecule has 0 unspecified atom stereocenters. The smallest absolute Gasteiger partial charge is 0.323 e. The lowest BCUT2D eigenvalue weighted by atomic mass is 9.92. The monoisotopic (exact) mass is 327 g/mol. The van der Waals surface area contributed by atoms with Crippen LogP contribution in [0.2, 0.25) is 0 Å². The maximum absolute atomic E-state index is 12.5. The summed E-state index contributed by atoms with van der Waals surface area (Å²) in [4.78, 5) is 30.8. The molecule has 3 rings (SSSR count). The highest BCUT2D eigenvalue weighted by atomic mass is 16.2. The van der Waals surface area contributed by atoms with Gasteiger partial charge in [-0.05, 0) is 31.9 Å². The molecule has 2 aromatic heterocycles. The van der Waals surface area contributed by atoms with Crippen LogP contribution in [0.3, 0.4) is 0 Å². The minimum Gasteiger partial charge on any atom is -0.324 e. The molecule has 0 aromatic carbocycles. The van der Waals surface area contributed by atoms with Gasteiger partial charge in [0.2, 0.25) is 0 Å². The van der Waals surface area contributed by atoms with Crippen LogP contribution in [0.15, 0.2) is 30.5 Å². The number of amides is 2. The molecular weight excluding hydrogens is 306 g/mol. The van der Waals surface area contributed by atoms with E-state index in [0.717, 1.165) is 18.5 Å². The first-order chi connectivity index (χ1) is 11.5. The van der Waals surface area contributed by atoms with Gasteiger partial charge in [0, 0.05) is 38.3 Å². The molecule has 1 atom stereocenters. The maximum atomic E-state index is 12.5. The Hall–Kier alpha value is -2.70. The van der Waals surface area contributed by atoms with Gasteiger partial charge in [-0.15, -0.1) is 0 Å². The summed E-state index contributed by atoms with van der Waals surface area (Å²) < 4.78 is 1.63. The van der Waals surface area contributed by atoms with Gasteiger partial charge >= 0.3 is 6.03 Å². The molecule has 1 N–H and O–H groups in total. The van der Waals surface area contributed by atoms with E-state index in [1.807, 2.05) is 13.0 Å². The Morgan fingerprint density at radius 2 is 2.17 bits per heavy atom. The lowest BCUT2D eigenvalue weighted by Gasteiger charge is -2.31. The van der Waals surface area contributed by atoms with Gasteiger partial charge in [0.05, 0.1) is 5.69 Å². The molecule has 2 amide bonds. The van der Waals surface area contributed by atoms with Crippen molar-refractivity contribution in [3.05, 3.63) is 41.9 Å². The lowest BCUT2D eigenvalue weighted by molar-refractivity contribution is 0.0846. The number of aromatic nitrogens is 3. The number of anilines is 1. The number of ketones is 1. The van der Waals surface area contributed by atoms with Crippen LogP contribution < -0.4 is 5.32 Å². The van der Waals surface area contributed by atoms with Crippen molar-refractivity contribution in [3.63, 3.8) is 0 Å². The van der Waals surface area contributed by atoms with Crippen molar-refractivity contribution in [1.82, 2.24) is 19.7 Å². The Morgan fingerprint density at radius 3 is 2.83 bits per heavy atom. The van der Waals surface area contributed by atoms with Crippen LogP contribution in [-0.4, -0.2) is 44.6 Å². The van der Waals surface area contributed by atoms with Crippen LogP contribution in [0.4, 0.5) is 10.6 Å². The normalized spacial score (nSPS) is 17.6. The van der Waals surface area contributed by atoms with Crippen LogP contribution in [0.5, 0.6) is 0 Å². The molecule has 24 heavy (non-hydrogen) atoms. The van der Waals surface area contributed by atoms with Crippen LogP contribution in [0, 0.1) is 12.8 Å². The first-order valence-electron chi connectivity index (χ1n) is 8.06. The highest BCUT2D eigenvalue weighted by Gasteiger charge is 2.29. The third kappa shape index (κ3) is 3.45. The number of aryl methyl sites for hydroxylation is 2. The van der Waals surface area contributed by atoms with Crippen LogP contribution in [-0.2, 0) is 7.05 Å². The number of carbonyl (C=O) groups is 2. The number of carbonyl (C=O) groups excluding carboxylic acids is 2. The molecule has 2 aromatic rings. The van der Waals surface area contributed by atoms with Crippen molar-refractivity contribution in [1.29, 1.82) is 0 Å². The fourth-order valence-corrected chi connectivity index (χ4v) is 3.01. The first kappa shape index (κ1) is 16.2. The van der Waals surface area contributed by atoms with Crippen molar-refractivity contribution in [2.24, 2.45) is 13.0 Å². The Kier molecular flexibility index (Phi) is 4.59. The lowest BCUT2D eigenvalue weighted by Crippen LogP contribution is -2.44. The van der Waals surface area contributed by atoms with Crippen molar-refractivity contribution in [3.8, 4) is 0 Å².